The van der Waals surface area contributed by atoms with E-state index >= 15 is 0 Å². The Morgan fingerprint density at radius 3 is 2.30 bits per heavy atom. The van der Waals surface area contributed by atoms with E-state index in [0.717, 1.165) is 0 Å². The van der Waals surface area contributed by atoms with Gasteiger partial charge in [0.2, 0.25) is 5.91 Å². The number of carbonyl (C=O) groups is 1. The van der Waals surface area contributed by atoms with Crippen molar-refractivity contribution in [3.63, 3.8) is 0 Å². The molecule has 3 nitrogen and oxygen atoms in total. The van der Waals surface area contributed by atoms with E-state index in [2.05, 4.69) is 10.6 Å². The number of carbonyl (C=O) groups excluding carboxylic acids is 1. The average Bonchev–Trinajstić information content (AvgIpc) is 2.25. The van der Waals surface area contributed by atoms with Crippen LogP contribution < -0.4 is 10.6 Å². The third-order valence-electron chi connectivity index (χ3n) is 3.51. The summed E-state index contributed by atoms with van der Waals surface area (Å²) in [5.41, 5.74) is -0.339. The fourth-order valence-electron chi connectivity index (χ4n) is 2.55. The van der Waals surface area contributed by atoms with Gasteiger partial charge in [-0.3, -0.25) is 4.79 Å². The lowest BCUT2D eigenvalue weighted by molar-refractivity contribution is -0.183. The molecule has 20 heavy (non-hydrogen) atoms. The van der Waals surface area contributed by atoms with Crippen LogP contribution in [0.1, 0.15) is 53.4 Å². The first-order valence-electron chi connectivity index (χ1n) is 7.14. The maximum atomic E-state index is 12.7. The van der Waals surface area contributed by atoms with Gasteiger partial charge in [-0.2, -0.15) is 13.2 Å². The van der Waals surface area contributed by atoms with Crippen molar-refractivity contribution < 1.29 is 18.0 Å². The Morgan fingerprint density at radius 2 is 1.80 bits per heavy atom. The van der Waals surface area contributed by atoms with Gasteiger partial charge in [-0.25, -0.2) is 0 Å². The topological polar surface area (TPSA) is 41.1 Å². The molecule has 0 saturated heterocycles. The first-order valence-corrected chi connectivity index (χ1v) is 7.14. The molecule has 0 heterocycles. The number of alkyl halides is 3. The van der Waals surface area contributed by atoms with Crippen LogP contribution in [0.15, 0.2) is 0 Å². The maximum absolute atomic E-state index is 12.7. The van der Waals surface area contributed by atoms with E-state index in [1.165, 1.54) is 0 Å². The summed E-state index contributed by atoms with van der Waals surface area (Å²) >= 11 is 0. The lowest BCUT2D eigenvalue weighted by Crippen LogP contribution is -2.52. The van der Waals surface area contributed by atoms with Crippen LogP contribution in [0.5, 0.6) is 0 Å². The second-order valence-corrected chi connectivity index (χ2v) is 6.73. The molecular weight excluding hydrogens is 269 g/mol. The van der Waals surface area contributed by atoms with Crippen LogP contribution in [0.3, 0.4) is 0 Å². The predicted octanol–water partition coefficient (Wildman–Crippen LogP) is 3.00. The van der Waals surface area contributed by atoms with Crippen molar-refractivity contribution in [1.29, 1.82) is 0 Å². The highest BCUT2D eigenvalue weighted by molar-refractivity contribution is 5.81. The largest absolute Gasteiger partial charge is 0.391 e. The van der Waals surface area contributed by atoms with E-state index < -0.39 is 18.1 Å². The normalized spacial score (nSPS) is 26.1. The van der Waals surface area contributed by atoms with E-state index in [1.807, 2.05) is 20.8 Å². The van der Waals surface area contributed by atoms with Crippen LogP contribution in [-0.4, -0.2) is 29.7 Å². The fraction of sp³-hybridized carbons (Fsp3) is 0.929. The van der Waals surface area contributed by atoms with Gasteiger partial charge >= 0.3 is 6.18 Å². The number of halogens is 3. The highest BCUT2D eigenvalue weighted by atomic mass is 19.4. The summed E-state index contributed by atoms with van der Waals surface area (Å²) in [5.74, 6) is -1.42. The maximum Gasteiger partial charge on any atom is 0.391 e. The molecule has 0 spiro atoms. The Balaban J connectivity index is 2.49. The molecule has 1 aliphatic carbocycles. The molecule has 1 amide bonds. The van der Waals surface area contributed by atoms with E-state index in [-0.39, 0.29) is 30.3 Å². The zero-order chi connectivity index (χ0) is 15.6. The smallest absolute Gasteiger partial charge is 0.350 e. The van der Waals surface area contributed by atoms with Gasteiger partial charge < -0.3 is 10.6 Å². The SMILES string of the molecule is CC(NC1CCCC(C(F)(F)F)C1)C(=O)NC(C)(C)C. The van der Waals surface area contributed by atoms with Crippen LogP contribution in [-0.2, 0) is 4.79 Å². The third kappa shape index (κ3) is 5.69. The summed E-state index contributed by atoms with van der Waals surface area (Å²) in [5, 5.41) is 5.86. The Hall–Kier alpha value is -0.780. The molecular formula is C14H25F3N2O. The van der Waals surface area contributed by atoms with Gasteiger partial charge in [-0.1, -0.05) is 6.42 Å². The molecule has 118 valence electrons. The zero-order valence-corrected chi connectivity index (χ0v) is 12.6. The van der Waals surface area contributed by atoms with Crippen LogP contribution >= 0.6 is 0 Å². The first-order chi connectivity index (χ1) is 8.99. The summed E-state index contributed by atoms with van der Waals surface area (Å²) in [6.07, 6.45) is -2.62. The molecule has 1 fully saturated rings. The molecule has 1 rings (SSSR count). The molecule has 3 atom stereocenters. The molecule has 0 aromatic carbocycles. The second kappa shape index (κ2) is 6.33. The van der Waals surface area contributed by atoms with Gasteiger partial charge in [-0.15, -0.1) is 0 Å². The van der Waals surface area contributed by atoms with Gasteiger partial charge in [0.15, 0.2) is 0 Å². The number of amides is 1. The van der Waals surface area contributed by atoms with Crippen molar-refractivity contribution in [3.05, 3.63) is 0 Å². The van der Waals surface area contributed by atoms with E-state index in [0.29, 0.717) is 12.8 Å². The first kappa shape index (κ1) is 17.3. The number of nitrogens with one attached hydrogen (secondary N) is 2. The molecule has 0 aliphatic heterocycles. The quantitative estimate of drug-likeness (QED) is 0.840. The third-order valence-corrected chi connectivity index (χ3v) is 3.51. The van der Waals surface area contributed by atoms with Crippen LogP contribution in [0, 0.1) is 5.92 Å². The summed E-state index contributed by atoms with van der Waals surface area (Å²) in [7, 11) is 0. The Morgan fingerprint density at radius 1 is 1.20 bits per heavy atom. The van der Waals surface area contributed by atoms with Crippen LogP contribution in [0.2, 0.25) is 0 Å². The summed E-state index contributed by atoms with van der Waals surface area (Å²) in [6.45, 7) is 7.31. The lowest BCUT2D eigenvalue weighted by atomic mass is 9.85. The number of hydrogen-bond donors (Lipinski definition) is 2. The summed E-state index contributed by atoms with van der Waals surface area (Å²) in [6, 6.07) is -0.720. The molecule has 3 unspecified atom stereocenters. The Kier molecular flexibility index (Phi) is 5.46. The lowest BCUT2D eigenvalue weighted by Gasteiger charge is -2.33. The molecule has 2 N–H and O–H groups in total. The van der Waals surface area contributed by atoms with E-state index in [4.69, 9.17) is 0 Å². The van der Waals surface area contributed by atoms with Gasteiger partial charge in [0.05, 0.1) is 12.0 Å². The summed E-state index contributed by atoms with van der Waals surface area (Å²) in [4.78, 5) is 11.9. The predicted molar refractivity (Wildman–Crippen MR) is 72.3 cm³/mol. The number of rotatable bonds is 3. The molecule has 0 bridgehead atoms. The average molecular weight is 294 g/mol. The molecule has 0 aromatic heterocycles. The highest BCUT2D eigenvalue weighted by Gasteiger charge is 2.42. The van der Waals surface area contributed by atoms with Crippen molar-refractivity contribution in [1.82, 2.24) is 10.6 Å². The van der Waals surface area contributed by atoms with Crippen LogP contribution in [0.25, 0.3) is 0 Å². The van der Waals surface area contributed by atoms with E-state index in [9.17, 15) is 18.0 Å². The van der Waals surface area contributed by atoms with E-state index in [1.54, 1.807) is 6.92 Å². The van der Waals surface area contributed by atoms with Gasteiger partial charge in [0.1, 0.15) is 0 Å². The van der Waals surface area contributed by atoms with Crippen molar-refractivity contribution in [3.8, 4) is 0 Å². The fourth-order valence-corrected chi connectivity index (χ4v) is 2.55. The van der Waals surface area contributed by atoms with Crippen molar-refractivity contribution >= 4 is 5.91 Å². The molecule has 6 heteroatoms. The number of hydrogen-bond acceptors (Lipinski definition) is 2. The second-order valence-electron chi connectivity index (χ2n) is 6.73. The van der Waals surface area contributed by atoms with Crippen molar-refractivity contribution in [2.24, 2.45) is 5.92 Å². The molecule has 0 aromatic rings. The van der Waals surface area contributed by atoms with Gasteiger partial charge in [0.25, 0.3) is 0 Å². The molecule has 0 radical (unpaired) electrons. The zero-order valence-electron chi connectivity index (χ0n) is 12.6. The minimum absolute atomic E-state index is 0.0661. The minimum atomic E-state index is -4.13. The van der Waals surface area contributed by atoms with Crippen molar-refractivity contribution in [2.45, 2.75) is 77.2 Å². The Bertz CT molecular complexity index is 336. The molecule has 1 aliphatic rings. The minimum Gasteiger partial charge on any atom is -0.350 e. The van der Waals surface area contributed by atoms with Gasteiger partial charge in [0, 0.05) is 11.6 Å². The summed E-state index contributed by atoms with van der Waals surface area (Å²) < 4.78 is 38.2. The van der Waals surface area contributed by atoms with Crippen molar-refractivity contribution in [2.75, 3.05) is 0 Å². The highest BCUT2D eigenvalue weighted by Crippen LogP contribution is 2.37. The van der Waals surface area contributed by atoms with Crippen LogP contribution in [0.4, 0.5) is 13.2 Å². The van der Waals surface area contributed by atoms with Gasteiger partial charge in [-0.05, 0) is 47.0 Å². The standard InChI is InChI=1S/C14H25F3N2O/c1-9(12(20)19-13(2,3)4)18-11-7-5-6-10(8-11)14(15,16)17/h9-11,18H,5-8H2,1-4H3,(H,19,20). The monoisotopic (exact) mass is 294 g/mol. The Labute approximate surface area is 118 Å². The molecule has 1 saturated carbocycles.